The van der Waals surface area contributed by atoms with Gasteiger partial charge in [-0.2, -0.15) is 0 Å². The largest absolute Gasteiger partial charge is 0.299 e. The zero-order valence-corrected chi connectivity index (χ0v) is 12.5. The van der Waals surface area contributed by atoms with E-state index in [4.69, 9.17) is 0 Å². The van der Waals surface area contributed by atoms with Gasteiger partial charge >= 0.3 is 0 Å². The summed E-state index contributed by atoms with van der Waals surface area (Å²) >= 11 is 0. The average molecular weight is 224 g/mol. The number of hydrogen-bond donors (Lipinski definition) is 0. The summed E-state index contributed by atoms with van der Waals surface area (Å²) in [6.45, 7) is 19.0. The van der Waals surface area contributed by atoms with Gasteiger partial charge in [-0.3, -0.25) is 4.79 Å². The monoisotopic (exact) mass is 224 g/mol. The van der Waals surface area contributed by atoms with E-state index in [0.717, 1.165) is 0 Å². The van der Waals surface area contributed by atoms with Crippen LogP contribution in [-0.2, 0) is 4.79 Å². The van der Waals surface area contributed by atoms with Gasteiger partial charge < -0.3 is 0 Å². The van der Waals surface area contributed by atoms with Crippen molar-refractivity contribution in [2.24, 2.45) is 16.7 Å². The molecule has 0 atom stereocenters. The second kappa shape index (κ2) is 4.73. The smallest absolute Gasteiger partial charge is 0.139 e. The number of Topliss-reactive ketones (excluding diaryl/α,β-unsaturated/α-hetero) is 1. The highest BCUT2D eigenvalue weighted by Crippen LogP contribution is 2.41. The van der Waals surface area contributed by atoms with E-state index in [9.17, 15) is 4.79 Å². The molecule has 0 radical (unpaired) electrons. The van der Waals surface area contributed by atoms with E-state index in [1.165, 1.54) is 11.1 Å². The van der Waals surface area contributed by atoms with Crippen LogP contribution in [0.15, 0.2) is 11.1 Å². The van der Waals surface area contributed by atoms with Crippen LogP contribution in [0, 0.1) is 16.7 Å². The number of hydrogen-bond acceptors (Lipinski definition) is 1. The van der Waals surface area contributed by atoms with Crippen LogP contribution in [0.3, 0.4) is 0 Å². The van der Waals surface area contributed by atoms with Crippen molar-refractivity contribution in [3.05, 3.63) is 11.1 Å². The Kier molecular flexibility index (Phi) is 4.55. The lowest BCUT2D eigenvalue weighted by Crippen LogP contribution is -2.29. The van der Waals surface area contributed by atoms with Gasteiger partial charge in [-0.25, -0.2) is 0 Å². The third kappa shape index (κ3) is 2.75. The molecule has 0 amide bonds. The van der Waals surface area contributed by atoms with Crippen molar-refractivity contribution in [2.75, 3.05) is 0 Å². The molecule has 0 N–H and O–H groups in total. The van der Waals surface area contributed by atoms with Gasteiger partial charge in [0, 0.05) is 5.41 Å². The Hall–Kier alpha value is -0.590. The molecule has 0 saturated heterocycles. The fraction of sp³-hybridized carbons (Fsp3) is 0.800. The number of carbonyl (C=O) groups excluding carboxylic acids is 1. The van der Waals surface area contributed by atoms with Crippen LogP contribution in [0.25, 0.3) is 0 Å². The first-order chi connectivity index (χ1) is 6.95. The summed E-state index contributed by atoms with van der Waals surface area (Å²) in [4.78, 5) is 11.7. The van der Waals surface area contributed by atoms with Crippen LogP contribution >= 0.6 is 0 Å². The Bertz CT molecular complexity index is 303. The third-order valence-electron chi connectivity index (χ3n) is 4.79. The zero-order valence-electron chi connectivity index (χ0n) is 12.5. The quantitative estimate of drug-likeness (QED) is 0.637. The number of ketones is 1. The maximum atomic E-state index is 11.7. The Labute approximate surface area is 101 Å². The number of allylic oxidation sites excluding steroid dienone is 2. The lowest BCUT2D eigenvalue weighted by atomic mass is 9.69. The standard InChI is InChI=1S/C15H28O/c1-10(2)14(6,7)11(3)12(4)15(8,9)13(5)16/h10H,1-9H3/b12-11-. The molecule has 1 nitrogen and oxygen atoms in total. The predicted molar refractivity (Wildman–Crippen MR) is 71.5 cm³/mol. The van der Waals surface area contributed by atoms with Crippen LogP contribution in [-0.4, -0.2) is 5.78 Å². The molecule has 16 heavy (non-hydrogen) atoms. The topological polar surface area (TPSA) is 17.1 Å². The molecular weight excluding hydrogens is 196 g/mol. The van der Waals surface area contributed by atoms with Crippen molar-refractivity contribution in [2.45, 2.75) is 62.3 Å². The maximum absolute atomic E-state index is 11.7. The molecule has 0 bridgehead atoms. The van der Waals surface area contributed by atoms with Crippen molar-refractivity contribution in [3.8, 4) is 0 Å². The van der Waals surface area contributed by atoms with Crippen molar-refractivity contribution < 1.29 is 4.79 Å². The number of rotatable bonds is 4. The predicted octanol–water partition coefficient (Wildman–Crippen LogP) is 4.62. The Balaban J connectivity index is 5.52. The summed E-state index contributed by atoms with van der Waals surface area (Å²) in [6.07, 6.45) is 0. The number of carbonyl (C=O) groups is 1. The molecule has 0 unspecified atom stereocenters. The molecule has 0 fully saturated rings. The van der Waals surface area contributed by atoms with E-state index in [-0.39, 0.29) is 16.6 Å². The van der Waals surface area contributed by atoms with Gasteiger partial charge in [0.1, 0.15) is 5.78 Å². The van der Waals surface area contributed by atoms with Crippen LogP contribution in [0.1, 0.15) is 62.3 Å². The molecule has 94 valence electrons. The Morgan fingerprint density at radius 2 is 1.25 bits per heavy atom. The fourth-order valence-electron chi connectivity index (χ4n) is 1.65. The highest BCUT2D eigenvalue weighted by Gasteiger charge is 2.32. The van der Waals surface area contributed by atoms with Gasteiger partial charge in [0.25, 0.3) is 0 Å². The first kappa shape index (κ1) is 15.4. The molecule has 0 aromatic heterocycles. The molecule has 1 heteroatoms. The molecule has 0 heterocycles. The van der Waals surface area contributed by atoms with Crippen molar-refractivity contribution in [3.63, 3.8) is 0 Å². The van der Waals surface area contributed by atoms with E-state index in [1.54, 1.807) is 6.92 Å². The zero-order chi connectivity index (χ0) is 13.3. The molecule has 0 aliphatic heterocycles. The van der Waals surface area contributed by atoms with Gasteiger partial charge in [0.2, 0.25) is 0 Å². The van der Waals surface area contributed by atoms with Crippen molar-refractivity contribution in [1.82, 2.24) is 0 Å². The maximum Gasteiger partial charge on any atom is 0.139 e. The summed E-state index contributed by atoms with van der Waals surface area (Å²) < 4.78 is 0. The summed E-state index contributed by atoms with van der Waals surface area (Å²) in [5.74, 6) is 0.814. The highest BCUT2D eigenvalue weighted by molar-refractivity contribution is 5.84. The molecule has 0 aromatic carbocycles. The van der Waals surface area contributed by atoms with Gasteiger partial charge in [-0.05, 0) is 46.0 Å². The fourth-order valence-corrected chi connectivity index (χ4v) is 1.65. The third-order valence-corrected chi connectivity index (χ3v) is 4.79. The van der Waals surface area contributed by atoms with Gasteiger partial charge in [0.15, 0.2) is 0 Å². The second-order valence-electron chi connectivity index (χ2n) is 6.31. The Morgan fingerprint density at radius 3 is 1.50 bits per heavy atom. The normalized spacial score (nSPS) is 15.1. The van der Waals surface area contributed by atoms with E-state index < -0.39 is 0 Å². The first-order valence-corrected chi connectivity index (χ1v) is 6.15. The van der Waals surface area contributed by atoms with E-state index >= 15 is 0 Å². The molecule has 0 aliphatic rings. The molecule has 0 aromatic rings. The lowest BCUT2D eigenvalue weighted by Gasteiger charge is -2.36. The highest BCUT2D eigenvalue weighted by atomic mass is 16.1. The molecule has 0 aliphatic carbocycles. The molecule has 0 rings (SSSR count). The van der Waals surface area contributed by atoms with Crippen LogP contribution < -0.4 is 0 Å². The summed E-state index contributed by atoms with van der Waals surface area (Å²) in [5.41, 5.74) is 2.38. The van der Waals surface area contributed by atoms with E-state index in [0.29, 0.717) is 5.92 Å². The van der Waals surface area contributed by atoms with Crippen LogP contribution in [0.4, 0.5) is 0 Å². The van der Waals surface area contributed by atoms with E-state index in [1.807, 2.05) is 13.8 Å². The minimum atomic E-state index is -0.337. The molecule has 0 spiro atoms. The molecular formula is C15H28O. The average Bonchev–Trinajstić information content (AvgIpc) is 2.14. The summed E-state index contributed by atoms with van der Waals surface area (Å²) in [6, 6.07) is 0. The van der Waals surface area contributed by atoms with Gasteiger partial charge in [0.05, 0.1) is 0 Å². The minimum absolute atomic E-state index is 0.150. The minimum Gasteiger partial charge on any atom is -0.299 e. The SMILES string of the molecule is CC(=O)C(C)(C)/C(C)=C(/C)C(C)(C)C(C)C. The molecule has 0 saturated carbocycles. The van der Waals surface area contributed by atoms with Crippen molar-refractivity contribution >= 4 is 5.78 Å². The summed E-state index contributed by atoms with van der Waals surface area (Å²) in [5, 5.41) is 0. The summed E-state index contributed by atoms with van der Waals surface area (Å²) in [7, 11) is 0. The van der Waals surface area contributed by atoms with Crippen LogP contribution in [0.5, 0.6) is 0 Å². The Morgan fingerprint density at radius 1 is 0.875 bits per heavy atom. The van der Waals surface area contributed by atoms with Crippen molar-refractivity contribution in [1.29, 1.82) is 0 Å². The second-order valence-corrected chi connectivity index (χ2v) is 6.31. The van der Waals surface area contributed by atoms with Gasteiger partial charge in [-0.1, -0.05) is 38.8 Å². The lowest BCUT2D eigenvalue weighted by molar-refractivity contribution is -0.123. The van der Waals surface area contributed by atoms with Crippen LogP contribution in [0.2, 0.25) is 0 Å². The van der Waals surface area contributed by atoms with E-state index in [2.05, 4.69) is 41.5 Å². The van der Waals surface area contributed by atoms with Gasteiger partial charge in [-0.15, -0.1) is 0 Å². The first-order valence-electron chi connectivity index (χ1n) is 6.15.